The predicted octanol–water partition coefficient (Wildman–Crippen LogP) is 3.20. The Morgan fingerprint density at radius 2 is 2.05 bits per heavy atom. The minimum Gasteiger partial charge on any atom is -0.493 e. The van der Waals surface area contributed by atoms with Crippen molar-refractivity contribution in [3.8, 4) is 11.5 Å². The van der Waals surface area contributed by atoms with Crippen molar-refractivity contribution in [1.29, 1.82) is 0 Å². The standard InChI is InChI=1S/C15H20ClNO3/c1-19-14-8-11(13(18)6-7-17)12(16)9-15(14)20-10-4-2-3-5-10/h8-10H,2-7,17H2,1H3. The molecule has 0 aliphatic heterocycles. The number of nitrogens with two attached hydrogens (primary N) is 1. The van der Waals surface area contributed by atoms with Crippen LogP contribution in [0.5, 0.6) is 11.5 Å². The van der Waals surface area contributed by atoms with E-state index in [1.54, 1.807) is 19.2 Å². The van der Waals surface area contributed by atoms with Crippen LogP contribution in [-0.2, 0) is 0 Å². The summed E-state index contributed by atoms with van der Waals surface area (Å²) in [6.45, 7) is 0.303. The SMILES string of the molecule is COc1cc(C(=O)CCN)c(Cl)cc1OC1CCCC1. The molecule has 0 saturated heterocycles. The van der Waals surface area contributed by atoms with Crippen LogP contribution in [0.3, 0.4) is 0 Å². The number of methoxy groups -OCH3 is 1. The first kappa shape index (κ1) is 15.1. The molecule has 20 heavy (non-hydrogen) atoms. The number of carbonyl (C=O) groups excluding carboxylic acids is 1. The van der Waals surface area contributed by atoms with E-state index in [0.717, 1.165) is 12.8 Å². The first-order valence-electron chi connectivity index (χ1n) is 6.93. The van der Waals surface area contributed by atoms with Crippen molar-refractivity contribution < 1.29 is 14.3 Å². The molecule has 0 bridgehead atoms. The molecule has 0 unspecified atom stereocenters. The molecule has 1 aliphatic carbocycles. The van der Waals surface area contributed by atoms with Gasteiger partial charge in [0, 0.05) is 18.1 Å². The number of hydrogen-bond acceptors (Lipinski definition) is 4. The first-order chi connectivity index (χ1) is 9.65. The Morgan fingerprint density at radius 3 is 2.65 bits per heavy atom. The zero-order chi connectivity index (χ0) is 14.5. The number of hydrogen-bond donors (Lipinski definition) is 1. The highest BCUT2D eigenvalue weighted by atomic mass is 35.5. The maximum absolute atomic E-state index is 11.9. The van der Waals surface area contributed by atoms with Gasteiger partial charge in [-0.05, 0) is 38.3 Å². The van der Waals surface area contributed by atoms with Gasteiger partial charge in [-0.25, -0.2) is 0 Å². The normalized spacial score (nSPS) is 15.3. The van der Waals surface area contributed by atoms with Crippen LogP contribution in [0.25, 0.3) is 0 Å². The van der Waals surface area contributed by atoms with Crippen LogP contribution in [-0.4, -0.2) is 25.5 Å². The van der Waals surface area contributed by atoms with Crippen LogP contribution >= 0.6 is 11.6 Å². The molecule has 1 fully saturated rings. The number of rotatable bonds is 6. The monoisotopic (exact) mass is 297 g/mol. The maximum atomic E-state index is 11.9. The van der Waals surface area contributed by atoms with E-state index in [-0.39, 0.29) is 18.3 Å². The largest absolute Gasteiger partial charge is 0.493 e. The molecule has 0 amide bonds. The average molecular weight is 298 g/mol. The van der Waals surface area contributed by atoms with Crippen LogP contribution < -0.4 is 15.2 Å². The Hall–Kier alpha value is -1.26. The summed E-state index contributed by atoms with van der Waals surface area (Å²) in [5.41, 5.74) is 5.84. The van der Waals surface area contributed by atoms with Crippen LogP contribution in [0.2, 0.25) is 5.02 Å². The van der Waals surface area contributed by atoms with E-state index in [9.17, 15) is 4.79 Å². The molecule has 0 aromatic heterocycles. The van der Waals surface area contributed by atoms with Gasteiger partial charge in [-0.15, -0.1) is 0 Å². The van der Waals surface area contributed by atoms with E-state index < -0.39 is 0 Å². The second-order valence-electron chi connectivity index (χ2n) is 4.97. The molecular weight excluding hydrogens is 278 g/mol. The second-order valence-corrected chi connectivity index (χ2v) is 5.38. The van der Waals surface area contributed by atoms with Gasteiger partial charge in [-0.1, -0.05) is 11.6 Å². The van der Waals surface area contributed by atoms with Crippen LogP contribution in [0.15, 0.2) is 12.1 Å². The van der Waals surface area contributed by atoms with Crippen molar-refractivity contribution in [2.75, 3.05) is 13.7 Å². The third kappa shape index (κ3) is 3.44. The fourth-order valence-corrected chi connectivity index (χ4v) is 2.71. The summed E-state index contributed by atoms with van der Waals surface area (Å²) in [5, 5.41) is 0.386. The maximum Gasteiger partial charge on any atom is 0.165 e. The Labute approximate surface area is 124 Å². The van der Waals surface area contributed by atoms with E-state index in [2.05, 4.69) is 0 Å². The lowest BCUT2D eigenvalue weighted by atomic mass is 10.1. The summed E-state index contributed by atoms with van der Waals surface area (Å²) in [5.74, 6) is 1.07. The van der Waals surface area contributed by atoms with E-state index in [1.807, 2.05) is 0 Å². The highest BCUT2D eigenvalue weighted by molar-refractivity contribution is 6.34. The van der Waals surface area contributed by atoms with Gasteiger partial charge in [0.2, 0.25) is 0 Å². The third-order valence-corrected chi connectivity index (χ3v) is 3.83. The molecule has 2 rings (SSSR count). The van der Waals surface area contributed by atoms with Gasteiger partial charge in [0.05, 0.1) is 18.2 Å². The van der Waals surface area contributed by atoms with Gasteiger partial charge in [0.15, 0.2) is 17.3 Å². The first-order valence-corrected chi connectivity index (χ1v) is 7.31. The number of ketones is 1. The minimum absolute atomic E-state index is 0.0804. The Morgan fingerprint density at radius 1 is 1.35 bits per heavy atom. The molecular formula is C15H20ClNO3. The molecule has 1 aromatic carbocycles. The topological polar surface area (TPSA) is 61.5 Å². The summed E-state index contributed by atoms with van der Waals surface area (Å²) >= 11 is 6.18. The van der Waals surface area contributed by atoms with E-state index >= 15 is 0 Å². The lowest BCUT2D eigenvalue weighted by molar-refractivity contribution is 0.0985. The van der Waals surface area contributed by atoms with Crippen molar-refractivity contribution in [3.63, 3.8) is 0 Å². The highest BCUT2D eigenvalue weighted by Crippen LogP contribution is 2.36. The summed E-state index contributed by atoms with van der Waals surface area (Å²) in [6, 6.07) is 3.31. The zero-order valence-corrected chi connectivity index (χ0v) is 12.4. The Kier molecular flexibility index (Phi) is 5.26. The van der Waals surface area contributed by atoms with E-state index in [4.69, 9.17) is 26.8 Å². The summed E-state index contributed by atoms with van der Waals surface area (Å²) < 4.78 is 11.2. The van der Waals surface area contributed by atoms with Gasteiger partial charge in [-0.2, -0.15) is 0 Å². The molecule has 0 spiro atoms. The lowest BCUT2D eigenvalue weighted by Crippen LogP contribution is -2.13. The van der Waals surface area contributed by atoms with Gasteiger partial charge in [-0.3, -0.25) is 4.79 Å². The number of carbonyl (C=O) groups is 1. The van der Waals surface area contributed by atoms with E-state index in [0.29, 0.717) is 28.6 Å². The molecule has 0 heterocycles. The van der Waals surface area contributed by atoms with Gasteiger partial charge >= 0.3 is 0 Å². The molecule has 0 radical (unpaired) electrons. The number of benzene rings is 1. The molecule has 1 aliphatic rings. The van der Waals surface area contributed by atoms with Crippen LogP contribution in [0.1, 0.15) is 42.5 Å². The van der Waals surface area contributed by atoms with Crippen molar-refractivity contribution in [3.05, 3.63) is 22.7 Å². The van der Waals surface area contributed by atoms with E-state index in [1.165, 1.54) is 12.8 Å². The Balaban J connectivity index is 2.24. The summed E-state index contributed by atoms with van der Waals surface area (Å²) in [6.07, 6.45) is 4.96. The molecule has 2 N–H and O–H groups in total. The van der Waals surface area contributed by atoms with Crippen molar-refractivity contribution in [2.45, 2.75) is 38.2 Å². The highest BCUT2D eigenvalue weighted by Gasteiger charge is 2.21. The van der Waals surface area contributed by atoms with Crippen molar-refractivity contribution in [2.24, 2.45) is 5.73 Å². The smallest absolute Gasteiger partial charge is 0.165 e. The number of halogens is 1. The average Bonchev–Trinajstić information content (AvgIpc) is 2.92. The fraction of sp³-hybridized carbons (Fsp3) is 0.533. The summed E-state index contributed by atoms with van der Waals surface area (Å²) in [7, 11) is 1.56. The molecule has 110 valence electrons. The number of Topliss-reactive ketones (excluding diaryl/α,β-unsaturated/α-hetero) is 1. The van der Waals surface area contributed by atoms with Crippen molar-refractivity contribution in [1.82, 2.24) is 0 Å². The molecule has 0 atom stereocenters. The third-order valence-electron chi connectivity index (χ3n) is 3.52. The van der Waals surface area contributed by atoms with Crippen LogP contribution in [0, 0.1) is 0 Å². The summed E-state index contributed by atoms with van der Waals surface area (Å²) in [4.78, 5) is 11.9. The predicted molar refractivity (Wildman–Crippen MR) is 78.9 cm³/mol. The second kappa shape index (κ2) is 6.95. The quantitative estimate of drug-likeness (QED) is 0.819. The van der Waals surface area contributed by atoms with Gasteiger partial charge < -0.3 is 15.2 Å². The van der Waals surface area contributed by atoms with Gasteiger partial charge in [0.25, 0.3) is 0 Å². The Bertz CT molecular complexity index is 484. The van der Waals surface area contributed by atoms with Crippen molar-refractivity contribution >= 4 is 17.4 Å². The zero-order valence-electron chi connectivity index (χ0n) is 11.7. The van der Waals surface area contributed by atoms with Crippen LogP contribution in [0.4, 0.5) is 0 Å². The number of ether oxygens (including phenoxy) is 2. The van der Waals surface area contributed by atoms with Gasteiger partial charge in [0.1, 0.15) is 0 Å². The lowest BCUT2D eigenvalue weighted by Gasteiger charge is -2.17. The molecule has 4 nitrogen and oxygen atoms in total. The molecule has 1 aromatic rings. The minimum atomic E-state index is -0.0804. The molecule has 1 saturated carbocycles. The molecule has 5 heteroatoms. The fourth-order valence-electron chi connectivity index (χ4n) is 2.45.